The fourth-order valence-corrected chi connectivity index (χ4v) is 2.22. The van der Waals surface area contributed by atoms with Gasteiger partial charge < -0.3 is 9.84 Å². The summed E-state index contributed by atoms with van der Waals surface area (Å²) >= 11 is 5.84. The first kappa shape index (κ1) is 16.1. The van der Waals surface area contributed by atoms with Gasteiger partial charge in [-0.2, -0.15) is 4.98 Å². The minimum absolute atomic E-state index is 0.222. The Morgan fingerprint density at radius 3 is 2.71 bits per heavy atom. The molecule has 2 aromatic carbocycles. The van der Waals surface area contributed by atoms with Crippen molar-refractivity contribution in [2.45, 2.75) is 13.0 Å². The second kappa shape index (κ2) is 6.80. The first-order valence-electron chi connectivity index (χ1n) is 7.19. The Bertz CT molecular complexity index is 864. The molecule has 0 bridgehead atoms. The molecule has 1 N–H and O–H groups in total. The zero-order valence-corrected chi connectivity index (χ0v) is 13.4. The summed E-state index contributed by atoms with van der Waals surface area (Å²) in [6, 6.07) is 11.9. The molecular formula is C17H13ClFN3O2. The standard InChI is InChI=1S/C17H13ClFN3O2/c1-10(20-16(23)12-3-2-4-14(19)9-12)17-21-15(22-24-17)11-5-7-13(18)8-6-11/h2-10H,1H3,(H,20,23). The van der Waals surface area contributed by atoms with Gasteiger partial charge in [-0.25, -0.2) is 4.39 Å². The lowest BCUT2D eigenvalue weighted by Crippen LogP contribution is -2.26. The van der Waals surface area contributed by atoms with Gasteiger partial charge >= 0.3 is 0 Å². The van der Waals surface area contributed by atoms with Crippen LogP contribution in [0.25, 0.3) is 11.4 Å². The number of halogens is 2. The smallest absolute Gasteiger partial charge is 0.252 e. The van der Waals surface area contributed by atoms with Gasteiger partial charge in [0.15, 0.2) is 0 Å². The van der Waals surface area contributed by atoms with E-state index in [2.05, 4.69) is 15.5 Å². The monoisotopic (exact) mass is 345 g/mol. The summed E-state index contributed by atoms with van der Waals surface area (Å²) in [5.74, 6) is -0.246. The average molecular weight is 346 g/mol. The lowest BCUT2D eigenvalue weighted by atomic mass is 10.2. The van der Waals surface area contributed by atoms with Crippen LogP contribution < -0.4 is 5.32 Å². The molecule has 1 atom stereocenters. The molecule has 0 saturated carbocycles. The molecule has 1 aromatic heterocycles. The third-order valence-corrected chi connectivity index (χ3v) is 3.60. The number of rotatable bonds is 4. The number of amides is 1. The van der Waals surface area contributed by atoms with Crippen LogP contribution in [-0.2, 0) is 0 Å². The molecule has 7 heteroatoms. The minimum Gasteiger partial charge on any atom is -0.341 e. The van der Waals surface area contributed by atoms with Crippen molar-refractivity contribution in [3.8, 4) is 11.4 Å². The van der Waals surface area contributed by atoms with Crippen molar-refractivity contribution < 1.29 is 13.7 Å². The first-order valence-corrected chi connectivity index (χ1v) is 7.57. The van der Waals surface area contributed by atoms with Crippen LogP contribution in [0.2, 0.25) is 5.02 Å². The topological polar surface area (TPSA) is 68.0 Å². The van der Waals surface area contributed by atoms with E-state index < -0.39 is 17.8 Å². The van der Waals surface area contributed by atoms with Crippen molar-refractivity contribution >= 4 is 17.5 Å². The fourth-order valence-electron chi connectivity index (χ4n) is 2.10. The molecular weight excluding hydrogens is 333 g/mol. The van der Waals surface area contributed by atoms with Crippen molar-refractivity contribution in [1.29, 1.82) is 0 Å². The van der Waals surface area contributed by atoms with E-state index in [-0.39, 0.29) is 11.5 Å². The number of benzene rings is 2. The van der Waals surface area contributed by atoms with Crippen LogP contribution in [0.3, 0.4) is 0 Å². The van der Waals surface area contributed by atoms with Gasteiger partial charge in [0, 0.05) is 16.1 Å². The van der Waals surface area contributed by atoms with Crippen LogP contribution in [0.1, 0.15) is 29.2 Å². The van der Waals surface area contributed by atoms with E-state index in [0.717, 1.165) is 11.6 Å². The normalized spacial score (nSPS) is 12.0. The van der Waals surface area contributed by atoms with Crippen LogP contribution in [0.4, 0.5) is 4.39 Å². The number of nitrogens with zero attached hydrogens (tertiary/aromatic N) is 2. The Morgan fingerprint density at radius 1 is 1.25 bits per heavy atom. The van der Waals surface area contributed by atoms with E-state index in [1.165, 1.54) is 18.2 Å². The van der Waals surface area contributed by atoms with Gasteiger partial charge in [-0.05, 0) is 49.4 Å². The van der Waals surface area contributed by atoms with E-state index in [9.17, 15) is 9.18 Å². The molecule has 0 radical (unpaired) electrons. The molecule has 1 amide bonds. The summed E-state index contributed by atoms with van der Waals surface area (Å²) in [6.45, 7) is 1.70. The van der Waals surface area contributed by atoms with Gasteiger partial charge in [0.2, 0.25) is 11.7 Å². The highest BCUT2D eigenvalue weighted by molar-refractivity contribution is 6.30. The maximum atomic E-state index is 13.2. The Morgan fingerprint density at radius 2 is 2.00 bits per heavy atom. The Kier molecular flexibility index (Phi) is 4.57. The molecule has 0 aliphatic carbocycles. The van der Waals surface area contributed by atoms with Gasteiger partial charge in [0.1, 0.15) is 11.9 Å². The number of carbonyl (C=O) groups is 1. The molecule has 1 unspecified atom stereocenters. The largest absolute Gasteiger partial charge is 0.341 e. The molecule has 0 spiro atoms. The van der Waals surface area contributed by atoms with Gasteiger partial charge in [-0.15, -0.1) is 0 Å². The number of hydrogen-bond acceptors (Lipinski definition) is 4. The maximum absolute atomic E-state index is 13.2. The molecule has 0 saturated heterocycles. The van der Waals surface area contributed by atoms with Crippen LogP contribution >= 0.6 is 11.6 Å². The minimum atomic E-state index is -0.519. The molecule has 24 heavy (non-hydrogen) atoms. The lowest BCUT2D eigenvalue weighted by molar-refractivity contribution is 0.0932. The third kappa shape index (κ3) is 3.60. The highest BCUT2D eigenvalue weighted by Gasteiger charge is 2.18. The summed E-state index contributed by atoms with van der Waals surface area (Å²) in [6.07, 6.45) is 0. The van der Waals surface area contributed by atoms with Gasteiger partial charge in [-0.3, -0.25) is 4.79 Å². The molecule has 5 nitrogen and oxygen atoms in total. The van der Waals surface area contributed by atoms with Crippen LogP contribution in [0.15, 0.2) is 53.1 Å². The second-order valence-electron chi connectivity index (χ2n) is 5.17. The highest BCUT2D eigenvalue weighted by atomic mass is 35.5. The summed E-state index contributed by atoms with van der Waals surface area (Å²) in [5.41, 5.74) is 0.970. The number of carbonyl (C=O) groups excluding carboxylic acids is 1. The highest BCUT2D eigenvalue weighted by Crippen LogP contribution is 2.20. The van der Waals surface area contributed by atoms with Crippen molar-refractivity contribution in [1.82, 2.24) is 15.5 Å². The SMILES string of the molecule is CC(NC(=O)c1cccc(F)c1)c1nc(-c2ccc(Cl)cc2)no1. The number of hydrogen-bond donors (Lipinski definition) is 1. The summed E-state index contributed by atoms with van der Waals surface area (Å²) in [4.78, 5) is 16.4. The van der Waals surface area contributed by atoms with Crippen LogP contribution in [-0.4, -0.2) is 16.0 Å². The van der Waals surface area contributed by atoms with Gasteiger partial charge in [0.25, 0.3) is 5.91 Å². The zero-order chi connectivity index (χ0) is 17.1. The molecule has 0 aliphatic heterocycles. The number of aromatic nitrogens is 2. The van der Waals surface area contributed by atoms with Crippen molar-refractivity contribution in [2.24, 2.45) is 0 Å². The van der Waals surface area contributed by atoms with Crippen LogP contribution in [0, 0.1) is 5.82 Å². The summed E-state index contributed by atoms with van der Waals surface area (Å²) in [5, 5.41) is 7.19. The van der Waals surface area contributed by atoms with Crippen molar-refractivity contribution in [3.63, 3.8) is 0 Å². The molecule has 0 aliphatic rings. The Balaban J connectivity index is 1.73. The van der Waals surface area contributed by atoms with E-state index in [1.807, 2.05) is 0 Å². The fraction of sp³-hybridized carbons (Fsp3) is 0.118. The molecule has 0 fully saturated rings. The predicted octanol–water partition coefficient (Wildman–Crippen LogP) is 4.02. The number of nitrogens with one attached hydrogen (secondary N) is 1. The van der Waals surface area contributed by atoms with E-state index >= 15 is 0 Å². The molecule has 122 valence electrons. The third-order valence-electron chi connectivity index (χ3n) is 3.35. The van der Waals surface area contributed by atoms with Crippen molar-refractivity contribution in [2.75, 3.05) is 0 Å². The quantitative estimate of drug-likeness (QED) is 0.775. The van der Waals surface area contributed by atoms with Gasteiger partial charge in [0.05, 0.1) is 0 Å². The zero-order valence-electron chi connectivity index (χ0n) is 12.7. The maximum Gasteiger partial charge on any atom is 0.252 e. The average Bonchev–Trinajstić information content (AvgIpc) is 3.05. The van der Waals surface area contributed by atoms with E-state index in [1.54, 1.807) is 31.2 Å². The van der Waals surface area contributed by atoms with Crippen LogP contribution in [0.5, 0.6) is 0 Å². The predicted molar refractivity (Wildman–Crippen MR) is 87.0 cm³/mol. The summed E-state index contributed by atoms with van der Waals surface area (Å²) in [7, 11) is 0. The van der Waals surface area contributed by atoms with Crippen molar-refractivity contribution in [3.05, 3.63) is 70.8 Å². The van der Waals surface area contributed by atoms with E-state index in [0.29, 0.717) is 10.8 Å². The van der Waals surface area contributed by atoms with E-state index in [4.69, 9.17) is 16.1 Å². The molecule has 3 aromatic rings. The Labute approximate surface area is 142 Å². The Hall–Kier alpha value is -2.73. The lowest BCUT2D eigenvalue weighted by Gasteiger charge is -2.09. The summed E-state index contributed by atoms with van der Waals surface area (Å²) < 4.78 is 18.4. The van der Waals surface area contributed by atoms with Gasteiger partial charge in [-0.1, -0.05) is 22.8 Å². The second-order valence-corrected chi connectivity index (χ2v) is 5.61. The molecule has 3 rings (SSSR count). The molecule has 1 heterocycles. The first-order chi connectivity index (χ1) is 11.5.